The lowest BCUT2D eigenvalue weighted by Crippen LogP contribution is -2.25. The van der Waals surface area contributed by atoms with Crippen molar-refractivity contribution in [1.29, 1.82) is 0 Å². The molecule has 0 aliphatic carbocycles. The van der Waals surface area contributed by atoms with E-state index in [9.17, 15) is 4.79 Å². The van der Waals surface area contributed by atoms with Crippen molar-refractivity contribution < 1.29 is 4.79 Å². The second kappa shape index (κ2) is 12.5. The molecule has 0 heterocycles. The number of hydrogen-bond acceptors (Lipinski definition) is 2. The maximum absolute atomic E-state index is 11.3. The first-order valence-corrected chi connectivity index (χ1v) is 6.78. The van der Waals surface area contributed by atoms with E-state index < -0.39 is 0 Å². The molecular weight excluding hydrogens is 200 g/mol. The molecule has 0 spiro atoms. The molecule has 0 radical (unpaired) electrons. The molecule has 3 N–H and O–H groups in total. The minimum absolute atomic E-state index is 0.182. The number of hydrogen-bond donors (Lipinski definition) is 2. The maximum atomic E-state index is 11.3. The summed E-state index contributed by atoms with van der Waals surface area (Å²) in [5, 5.41) is 2.88. The van der Waals surface area contributed by atoms with E-state index in [1.165, 1.54) is 38.5 Å². The van der Waals surface area contributed by atoms with Crippen LogP contribution < -0.4 is 11.1 Å². The van der Waals surface area contributed by atoms with Crippen LogP contribution in [0.25, 0.3) is 0 Å². The number of carbonyl (C=O) groups is 1. The van der Waals surface area contributed by atoms with Crippen LogP contribution in [0.3, 0.4) is 0 Å². The monoisotopic (exact) mass is 228 g/mol. The molecule has 96 valence electrons. The standard InChI is InChI=1S/C13H28N2O/c1-2-3-4-5-6-7-8-10-13(16)15-12-9-11-14/h2-12,14H2,1H3,(H,15,16). The zero-order valence-corrected chi connectivity index (χ0v) is 10.8. The molecule has 3 heteroatoms. The Morgan fingerprint density at radius 2 is 1.62 bits per heavy atom. The lowest BCUT2D eigenvalue weighted by Gasteiger charge is -2.04. The van der Waals surface area contributed by atoms with Gasteiger partial charge in [-0.1, -0.05) is 45.4 Å². The van der Waals surface area contributed by atoms with Gasteiger partial charge in [-0.05, 0) is 19.4 Å². The van der Waals surface area contributed by atoms with Crippen molar-refractivity contribution >= 4 is 5.91 Å². The van der Waals surface area contributed by atoms with Gasteiger partial charge in [-0.25, -0.2) is 0 Å². The summed E-state index contributed by atoms with van der Waals surface area (Å²) in [6.07, 6.45) is 10.4. The van der Waals surface area contributed by atoms with E-state index in [0.717, 1.165) is 19.4 Å². The van der Waals surface area contributed by atoms with Gasteiger partial charge in [0.15, 0.2) is 0 Å². The van der Waals surface area contributed by atoms with E-state index in [0.29, 0.717) is 13.0 Å². The van der Waals surface area contributed by atoms with Crippen LogP contribution in [0.5, 0.6) is 0 Å². The average Bonchev–Trinajstić information content (AvgIpc) is 2.28. The van der Waals surface area contributed by atoms with E-state index in [1.807, 2.05) is 0 Å². The molecule has 0 aromatic carbocycles. The summed E-state index contributed by atoms with van der Waals surface area (Å²) >= 11 is 0. The van der Waals surface area contributed by atoms with E-state index in [1.54, 1.807) is 0 Å². The van der Waals surface area contributed by atoms with Crippen LogP contribution in [-0.2, 0) is 4.79 Å². The van der Waals surface area contributed by atoms with Gasteiger partial charge in [0.2, 0.25) is 5.91 Å². The lowest BCUT2D eigenvalue weighted by molar-refractivity contribution is -0.121. The number of nitrogens with one attached hydrogen (secondary N) is 1. The predicted octanol–water partition coefficient (Wildman–Crippen LogP) is 2.59. The van der Waals surface area contributed by atoms with Gasteiger partial charge in [0, 0.05) is 13.0 Å². The molecule has 0 aliphatic heterocycles. The summed E-state index contributed by atoms with van der Waals surface area (Å²) in [5.74, 6) is 0.182. The smallest absolute Gasteiger partial charge is 0.219 e. The zero-order valence-electron chi connectivity index (χ0n) is 10.8. The van der Waals surface area contributed by atoms with E-state index in [2.05, 4.69) is 12.2 Å². The van der Waals surface area contributed by atoms with Crippen LogP contribution in [-0.4, -0.2) is 19.0 Å². The van der Waals surface area contributed by atoms with Gasteiger partial charge >= 0.3 is 0 Å². The summed E-state index contributed by atoms with van der Waals surface area (Å²) in [7, 11) is 0. The van der Waals surface area contributed by atoms with Crippen molar-refractivity contribution in [2.24, 2.45) is 5.73 Å². The van der Waals surface area contributed by atoms with Crippen molar-refractivity contribution in [2.75, 3.05) is 13.1 Å². The lowest BCUT2D eigenvalue weighted by atomic mass is 10.1. The van der Waals surface area contributed by atoms with Crippen molar-refractivity contribution in [3.8, 4) is 0 Å². The molecule has 3 nitrogen and oxygen atoms in total. The molecule has 0 unspecified atom stereocenters. The van der Waals surface area contributed by atoms with Gasteiger partial charge in [-0.15, -0.1) is 0 Å². The maximum Gasteiger partial charge on any atom is 0.219 e. The second-order valence-electron chi connectivity index (χ2n) is 4.36. The first kappa shape index (κ1) is 15.4. The van der Waals surface area contributed by atoms with Crippen molar-refractivity contribution in [3.05, 3.63) is 0 Å². The number of nitrogens with two attached hydrogens (primary N) is 1. The van der Waals surface area contributed by atoms with Gasteiger partial charge < -0.3 is 11.1 Å². The van der Waals surface area contributed by atoms with Gasteiger partial charge in [-0.3, -0.25) is 4.79 Å². The first-order valence-electron chi connectivity index (χ1n) is 6.78. The van der Waals surface area contributed by atoms with Crippen LogP contribution in [0, 0.1) is 0 Å². The molecule has 0 bridgehead atoms. The van der Waals surface area contributed by atoms with E-state index in [4.69, 9.17) is 5.73 Å². The average molecular weight is 228 g/mol. The van der Waals surface area contributed by atoms with Crippen LogP contribution in [0.2, 0.25) is 0 Å². The van der Waals surface area contributed by atoms with Gasteiger partial charge in [0.1, 0.15) is 0 Å². The Morgan fingerprint density at radius 1 is 1.00 bits per heavy atom. The Hall–Kier alpha value is -0.570. The van der Waals surface area contributed by atoms with Gasteiger partial charge in [0.25, 0.3) is 0 Å². The van der Waals surface area contributed by atoms with Gasteiger partial charge in [0.05, 0.1) is 0 Å². The molecule has 0 saturated carbocycles. The topological polar surface area (TPSA) is 55.1 Å². The Labute approximate surface area is 100 Å². The normalized spacial score (nSPS) is 10.4. The van der Waals surface area contributed by atoms with Crippen LogP contribution in [0.1, 0.15) is 64.7 Å². The van der Waals surface area contributed by atoms with Crippen molar-refractivity contribution in [2.45, 2.75) is 64.7 Å². The number of carbonyl (C=O) groups excluding carboxylic acids is 1. The molecule has 16 heavy (non-hydrogen) atoms. The van der Waals surface area contributed by atoms with Gasteiger partial charge in [-0.2, -0.15) is 0 Å². The molecule has 0 fully saturated rings. The third-order valence-electron chi connectivity index (χ3n) is 2.71. The summed E-state index contributed by atoms with van der Waals surface area (Å²) in [6, 6.07) is 0. The molecule has 0 aromatic rings. The Kier molecular flexibility index (Phi) is 12.1. The quantitative estimate of drug-likeness (QED) is 0.534. The summed E-state index contributed by atoms with van der Waals surface area (Å²) < 4.78 is 0. The third-order valence-corrected chi connectivity index (χ3v) is 2.71. The molecule has 0 saturated heterocycles. The van der Waals surface area contributed by atoms with Crippen molar-refractivity contribution in [3.63, 3.8) is 0 Å². The molecule has 0 rings (SSSR count). The highest BCUT2D eigenvalue weighted by molar-refractivity contribution is 5.75. The van der Waals surface area contributed by atoms with Crippen LogP contribution >= 0.6 is 0 Å². The predicted molar refractivity (Wildman–Crippen MR) is 69.3 cm³/mol. The number of amides is 1. The SMILES string of the molecule is CCCCCCCCCC(=O)NCCCN. The summed E-state index contributed by atoms with van der Waals surface area (Å²) in [5.41, 5.74) is 5.34. The molecular formula is C13H28N2O. The van der Waals surface area contributed by atoms with Crippen LogP contribution in [0.4, 0.5) is 0 Å². The van der Waals surface area contributed by atoms with E-state index in [-0.39, 0.29) is 5.91 Å². The fourth-order valence-electron chi connectivity index (χ4n) is 1.66. The Bertz CT molecular complexity index is 160. The first-order chi connectivity index (χ1) is 7.81. The molecule has 0 aliphatic rings. The zero-order chi connectivity index (χ0) is 12.1. The highest BCUT2D eigenvalue weighted by atomic mass is 16.1. The highest BCUT2D eigenvalue weighted by Gasteiger charge is 1.99. The highest BCUT2D eigenvalue weighted by Crippen LogP contribution is 2.08. The fourth-order valence-corrected chi connectivity index (χ4v) is 1.66. The molecule has 0 aromatic heterocycles. The Morgan fingerprint density at radius 3 is 2.25 bits per heavy atom. The second-order valence-corrected chi connectivity index (χ2v) is 4.36. The number of unbranched alkanes of at least 4 members (excludes halogenated alkanes) is 6. The minimum Gasteiger partial charge on any atom is -0.356 e. The van der Waals surface area contributed by atoms with Crippen molar-refractivity contribution in [1.82, 2.24) is 5.32 Å². The fraction of sp³-hybridized carbons (Fsp3) is 0.923. The largest absolute Gasteiger partial charge is 0.356 e. The number of rotatable bonds is 11. The van der Waals surface area contributed by atoms with E-state index >= 15 is 0 Å². The Balaban J connectivity index is 3.09. The molecule has 1 amide bonds. The summed E-state index contributed by atoms with van der Waals surface area (Å²) in [6.45, 7) is 3.61. The molecule has 0 atom stereocenters. The minimum atomic E-state index is 0.182. The van der Waals surface area contributed by atoms with Crippen LogP contribution in [0.15, 0.2) is 0 Å². The summed E-state index contributed by atoms with van der Waals surface area (Å²) in [4.78, 5) is 11.3. The third kappa shape index (κ3) is 11.5.